The molecule has 0 saturated carbocycles. The predicted octanol–water partition coefficient (Wildman–Crippen LogP) is 0.934. The third-order valence-electron chi connectivity index (χ3n) is 2.56. The van der Waals surface area contributed by atoms with Crippen LogP contribution in [-0.2, 0) is 14.3 Å². The number of hydrogen-bond acceptors (Lipinski definition) is 4. The summed E-state index contributed by atoms with van der Waals surface area (Å²) >= 11 is 0. The zero-order valence-corrected chi connectivity index (χ0v) is 12.0. The molecule has 1 unspecified atom stereocenters. The fraction of sp³-hybridized carbons (Fsp3) is 0.923. The van der Waals surface area contributed by atoms with Crippen molar-refractivity contribution >= 4 is 5.91 Å². The van der Waals surface area contributed by atoms with Crippen LogP contribution in [0.5, 0.6) is 0 Å². The maximum absolute atomic E-state index is 11.6. The molecule has 1 amide bonds. The summed E-state index contributed by atoms with van der Waals surface area (Å²) in [4.78, 5) is 11.6. The highest BCUT2D eigenvalue weighted by molar-refractivity contribution is 5.81. The quantitative estimate of drug-likeness (QED) is 0.513. The van der Waals surface area contributed by atoms with E-state index < -0.39 is 0 Å². The normalized spacial score (nSPS) is 12.4. The number of unbranched alkanes of at least 4 members (excludes halogenated alkanes) is 1. The van der Waals surface area contributed by atoms with Crippen molar-refractivity contribution in [3.05, 3.63) is 0 Å². The molecule has 0 spiro atoms. The molecular weight excluding hydrogens is 232 g/mol. The molecule has 5 heteroatoms. The Kier molecular flexibility index (Phi) is 12.3. The Morgan fingerprint density at radius 2 is 1.89 bits per heavy atom. The van der Waals surface area contributed by atoms with Crippen LogP contribution in [0.4, 0.5) is 0 Å². The molecule has 0 rings (SSSR count). The van der Waals surface area contributed by atoms with Crippen molar-refractivity contribution in [2.75, 3.05) is 40.0 Å². The summed E-state index contributed by atoms with van der Waals surface area (Å²) in [6.07, 6.45) is 3.21. The lowest BCUT2D eigenvalue weighted by Gasteiger charge is -2.13. The van der Waals surface area contributed by atoms with Gasteiger partial charge in [0.25, 0.3) is 0 Å². The van der Waals surface area contributed by atoms with Gasteiger partial charge in [-0.2, -0.15) is 0 Å². The zero-order chi connectivity index (χ0) is 13.6. The third-order valence-corrected chi connectivity index (χ3v) is 2.56. The van der Waals surface area contributed by atoms with Crippen molar-refractivity contribution in [3.8, 4) is 0 Å². The summed E-state index contributed by atoms with van der Waals surface area (Å²) in [5.74, 6) is 0.0129. The molecular formula is C13H28N2O3. The molecule has 0 fully saturated rings. The highest BCUT2D eigenvalue weighted by atomic mass is 16.5. The highest BCUT2D eigenvalue weighted by Crippen LogP contribution is 1.90. The van der Waals surface area contributed by atoms with Gasteiger partial charge in [0.1, 0.15) is 0 Å². The van der Waals surface area contributed by atoms with Gasteiger partial charge in [-0.05, 0) is 26.3 Å². The van der Waals surface area contributed by atoms with Crippen molar-refractivity contribution in [1.82, 2.24) is 10.6 Å². The van der Waals surface area contributed by atoms with Gasteiger partial charge in [-0.25, -0.2) is 0 Å². The highest BCUT2D eigenvalue weighted by Gasteiger charge is 2.10. The first-order valence-electron chi connectivity index (χ1n) is 6.80. The van der Waals surface area contributed by atoms with Crippen molar-refractivity contribution in [1.29, 1.82) is 0 Å². The van der Waals surface area contributed by atoms with Crippen molar-refractivity contribution in [2.45, 2.75) is 39.2 Å². The summed E-state index contributed by atoms with van der Waals surface area (Å²) < 4.78 is 10.3. The van der Waals surface area contributed by atoms with Gasteiger partial charge in [0, 0.05) is 26.9 Å². The minimum absolute atomic E-state index is 0.0129. The fourth-order valence-corrected chi connectivity index (χ4v) is 1.36. The number of nitrogens with one attached hydrogen (secondary N) is 2. The molecule has 0 heterocycles. The number of ether oxygens (including phenoxy) is 2. The van der Waals surface area contributed by atoms with Crippen molar-refractivity contribution in [3.63, 3.8) is 0 Å². The summed E-state index contributed by atoms with van der Waals surface area (Å²) in [6.45, 7) is 7.50. The molecule has 108 valence electrons. The number of methoxy groups -OCH3 is 1. The van der Waals surface area contributed by atoms with Gasteiger partial charge in [-0.3, -0.25) is 4.79 Å². The minimum Gasteiger partial charge on any atom is -0.383 e. The monoisotopic (exact) mass is 260 g/mol. The van der Waals surface area contributed by atoms with Gasteiger partial charge >= 0.3 is 0 Å². The SMILES string of the molecule is CCCCOCCCNC(C)C(=O)NCCOC. The van der Waals surface area contributed by atoms with E-state index in [1.807, 2.05) is 6.92 Å². The number of rotatable bonds is 12. The van der Waals surface area contributed by atoms with Crippen LogP contribution in [0.25, 0.3) is 0 Å². The van der Waals surface area contributed by atoms with E-state index in [2.05, 4.69) is 17.6 Å². The van der Waals surface area contributed by atoms with E-state index in [0.29, 0.717) is 13.2 Å². The second kappa shape index (κ2) is 12.8. The van der Waals surface area contributed by atoms with E-state index in [-0.39, 0.29) is 11.9 Å². The van der Waals surface area contributed by atoms with E-state index in [0.717, 1.165) is 39.0 Å². The Morgan fingerprint density at radius 3 is 2.56 bits per heavy atom. The Bertz CT molecular complexity index is 201. The van der Waals surface area contributed by atoms with Crippen LogP contribution in [0.2, 0.25) is 0 Å². The molecule has 0 bridgehead atoms. The van der Waals surface area contributed by atoms with Crippen LogP contribution in [-0.4, -0.2) is 52.0 Å². The van der Waals surface area contributed by atoms with Gasteiger partial charge in [0.2, 0.25) is 5.91 Å². The number of carbonyl (C=O) groups excluding carboxylic acids is 1. The molecule has 0 aliphatic heterocycles. The fourth-order valence-electron chi connectivity index (χ4n) is 1.36. The smallest absolute Gasteiger partial charge is 0.236 e. The molecule has 5 nitrogen and oxygen atoms in total. The summed E-state index contributed by atoms with van der Waals surface area (Å²) in [5, 5.41) is 5.96. The Hall–Kier alpha value is -0.650. The van der Waals surface area contributed by atoms with E-state index in [1.54, 1.807) is 7.11 Å². The van der Waals surface area contributed by atoms with E-state index >= 15 is 0 Å². The largest absolute Gasteiger partial charge is 0.383 e. The maximum Gasteiger partial charge on any atom is 0.236 e. The first kappa shape index (κ1) is 17.4. The second-order valence-electron chi connectivity index (χ2n) is 4.28. The predicted molar refractivity (Wildman–Crippen MR) is 72.7 cm³/mol. The summed E-state index contributed by atoms with van der Waals surface area (Å²) in [7, 11) is 1.62. The molecule has 0 aliphatic rings. The average Bonchev–Trinajstić information content (AvgIpc) is 2.37. The number of hydrogen-bond donors (Lipinski definition) is 2. The lowest BCUT2D eigenvalue weighted by atomic mass is 10.3. The van der Waals surface area contributed by atoms with Crippen molar-refractivity contribution in [2.24, 2.45) is 0 Å². The minimum atomic E-state index is -0.169. The van der Waals surface area contributed by atoms with Gasteiger partial charge < -0.3 is 20.1 Å². The Morgan fingerprint density at radius 1 is 1.17 bits per heavy atom. The van der Waals surface area contributed by atoms with Crippen LogP contribution in [0.3, 0.4) is 0 Å². The molecule has 0 aromatic heterocycles. The van der Waals surface area contributed by atoms with Crippen LogP contribution in [0, 0.1) is 0 Å². The molecule has 0 aromatic rings. The topological polar surface area (TPSA) is 59.6 Å². The number of carbonyl (C=O) groups is 1. The summed E-state index contributed by atoms with van der Waals surface area (Å²) in [6, 6.07) is -0.169. The third kappa shape index (κ3) is 10.5. The van der Waals surface area contributed by atoms with Gasteiger partial charge in [-0.1, -0.05) is 13.3 Å². The van der Waals surface area contributed by atoms with Gasteiger partial charge in [0.05, 0.1) is 12.6 Å². The molecule has 0 aliphatic carbocycles. The molecule has 18 heavy (non-hydrogen) atoms. The molecule has 0 saturated heterocycles. The first-order valence-corrected chi connectivity index (χ1v) is 6.80. The lowest BCUT2D eigenvalue weighted by Crippen LogP contribution is -2.43. The molecule has 0 radical (unpaired) electrons. The van der Waals surface area contributed by atoms with Crippen LogP contribution in [0.15, 0.2) is 0 Å². The van der Waals surface area contributed by atoms with Crippen molar-refractivity contribution < 1.29 is 14.3 Å². The molecule has 2 N–H and O–H groups in total. The molecule has 1 atom stereocenters. The molecule has 0 aromatic carbocycles. The lowest BCUT2D eigenvalue weighted by molar-refractivity contribution is -0.122. The first-order chi connectivity index (χ1) is 8.72. The maximum atomic E-state index is 11.6. The average molecular weight is 260 g/mol. The van der Waals surface area contributed by atoms with E-state index in [4.69, 9.17) is 9.47 Å². The zero-order valence-electron chi connectivity index (χ0n) is 12.0. The van der Waals surface area contributed by atoms with Gasteiger partial charge in [-0.15, -0.1) is 0 Å². The van der Waals surface area contributed by atoms with Crippen LogP contribution >= 0.6 is 0 Å². The standard InChI is InChI=1S/C13H28N2O3/c1-4-5-9-18-10-6-7-14-12(2)13(16)15-8-11-17-3/h12,14H,4-11H2,1-3H3,(H,15,16). The van der Waals surface area contributed by atoms with E-state index in [1.165, 1.54) is 0 Å². The van der Waals surface area contributed by atoms with Gasteiger partial charge in [0.15, 0.2) is 0 Å². The second-order valence-corrected chi connectivity index (χ2v) is 4.28. The Balaban J connectivity index is 3.34. The van der Waals surface area contributed by atoms with Crippen LogP contribution in [0.1, 0.15) is 33.1 Å². The summed E-state index contributed by atoms with van der Waals surface area (Å²) in [5.41, 5.74) is 0. The number of amides is 1. The Labute approximate surface area is 111 Å². The van der Waals surface area contributed by atoms with Crippen LogP contribution < -0.4 is 10.6 Å². The van der Waals surface area contributed by atoms with E-state index in [9.17, 15) is 4.79 Å².